The van der Waals surface area contributed by atoms with Crippen LogP contribution in [0.15, 0.2) is 53.3 Å². The lowest BCUT2D eigenvalue weighted by molar-refractivity contribution is 0.414. The molecule has 2 aromatic carbocycles. The lowest BCUT2D eigenvalue weighted by Gasteiger charge is -2.10. The molecule has 0 fully saturated rings. The van der Waals surface area contributed by atoms with E-state index in [0.29, 0.717) is 6.42 Å². The highest BCUT2D eigenvalue weighted by Gasteiger charge is 2.06. The fourth-order valence-corrected chi connectivity index (χ4v) is 2.99. The number of benzene rings is 2. The fourth-order valence-electron chi connectivity index (χ4n) is 2.99. The number of aryl methyl sites for hydroxylation is 3. The van der Waals surface area contributed by atoms with Gasteiger partial charge in [-0.15, -0.1) is 0 Å². The highest BCUT2D eigenvalue weighted by Crippen LogP contribution is 2.27. The number of rotatable bonds is 5. The first-order chi connectivity index (χ1) is 12.5. The topological polar surface area (TPSA) is 70.1 Å². The molecule has 0 aliphatic rings. The third-order valence-electron chi connectivity index (χ3n) is 4.56. The van der Waals surface area contributed by atoms with E-state index in [1.807, 2.05) is 12.1 Å². The number of methoxy groups -OCH3 is 1. The summed E-state index contributed by atoms with van der Waals surface area (Å²) < 4.78 is 6.62. The average molecular weight is 349 g/mol. The number of aromatic nitrogens is 2. The predicted molar refractivity (Wildman–Crippen MR) is 104 cm³/mol. The molecule has 0 aliphatic heterocycles. The van der Waals surface area contributed by atoms with E-state index in [-0.39, 0.29) is 11.5 Å². The summed E-state index contributed by atoms with van der Waals surface area (Å²) in [6.07, 6.45) is 1.47. The minimum atomic E-state index is -0.130. The summed E-state index contributed by atoms with van der Waals surface area (Å²) in [5, 5.41) is 0. The molecule has 0 saturated carbocycles. The molecule has 1 aromatic heterocycles. The number of nitrogen functional groups attached to an aromatic ring is 1. The van der Waals surface area contributed by atoms with E-state index in [1.54, 1.807) is 20.2 Å². The molecule has 0 radical (unpaired) electrons. The van der Waals surface area contributed by atoms with Crippen molar-refractivity contribution in [1.82, 2.24) is 9.55 Å². The Bertz CT molecular complexity index is 993. The zero-order valence-corrected chi connectivity index (χ0v) is 15.3. The van der Waals surface area contributed by atoms with Crippen LogP contribution in [0.1, 0.15) is 16.8 Å². The maximum Gasteiger partial charge on any atom is 0.254 e. The van der Waals surface area contributed by atoms with Crippen LogP contribution in [0.25, 0.3) is 11.1 Å². The van der Waals surface area contributed by atoms with Crippen molar-refractivity contribution in [2.24, 2.45) is 7.05 Å². The Balaban J connectivity index is 1.81. The molecule has 0 amide bonds. The molecular weight excluding hydrogens is 326 g/mol. The third-order valence-corrected chi connectivity index (χ3v) is 4.56. The molecule has 3 rings (SSSR count). The minimum Gasteiger partial charge on any atom is -0.497 e. The van der Waals surface area contributed by atoms with Gasteiger partial charge < -0.3 is 10.5 Å². The summed E-state index contributed by atoms with van der Waals surface area (Å²) in [5.74, 6) is 1.10. The van der Waals surface area contributed by atoms with Crippen molar-refractivity contribution in [2.75, 3.05) is 12.8 Å². The van der Waals surface area contributed by atoms with Crippen LogP contribution >= 0.6 is 0 Å². The number of nitrogens with two attached hydrogens (primary N) is 1. The van der Waals surface area contributed by atoms with Gasteiger partial charge in [-0.2, -0.15) is 0 Å². The first kappa shape index (κ1) is 17.7. The Morgan fingerprint density at radius 2 is 1.92 bits per heavy atom. The zero-order valence-electron chi connectivity index (χ0n) is 15.3. The maximum absolute atomic E-state index is 11.8. The second-order valence-electron chi connectivity index (χ2n) is 6.38. The van der Waals surface area contributed by atoms with Crippen molar-refractivity contribution in [3.8, 4) is 16.9 Å². The van der Waals surface area contributed by atoms with E-state index >= 15 is 0 Å². The van der Waals surface area contributed by atoms with Gasteiger partial charge in [-0.3, -0.25) is 9.36 Å². The van der Waals surface area contributed by atoms with Crippen molar-refractivity contribution in [1.29, 1.82) is 0 Å². The molecule has 0 saturated heterocycles. The van der Waals surface area contributed by atoms with Gasteiger partial charge in [0.2, 0.25) is 5.95 Å². The monoisotopic (exact) mass is 349 g/mol. The molecule has 0 aliphatic carbocycles. The highest BCUT2D eigenvalue weighted by molar-refractivity contribution is 5.68. The van der Waals surface area contributed by atoms with Gasteiger partial charge in [0.25, 0.3) is 5.56 Å². The van der Waals surface area contributed by atoms with E-state index in [1.165, 1.54) is 26.8 Å². The largest absolute Gasteiger partial charge is 0.497 e. The number of hydrogen-bond donors (Lipinski definition) is 1. The lowest BCUT2D eigenvalue weighted by Crippen LogP contribution is -2.21. The van der Waals surface area contributed by atoms with Crippen LogP contribution in [0.3, 0.4) is 0 Å². The Hall–Kier alpha value is -3.08. The van der Waals surface area contributed by atoms with Gasteiger partial charge in [-0.25, -0.2) is 4.98 Å². The first-order valence-electron chi connectivity index (χ1n) is 8.54. The van der Waals surface area contributed by atoms with Gasteiger partial charge in [-0.1, -0.05) is 30.3 Å². The number of anilines is 1. The molecule has 0 bridgehead atoms. The molecule has 1 heterocycles. The number of ether oxygens (including phenoxy) is 1. The van der Waals surface area contributed by atoms with Crippen molar-refractivity contribution in [3.63, 3.8) is 0 Å². The highest BCUT2D eigenvalue weighted by atomic mass is 16.5. The van der Waals surface area contributed by atoms with Gasteiger partial charge in [0.05, 0.1) is 12.8 Å². The van der Waals surface area contributed by atoms with E-state index in [2.05, 4.69) is 42.2 Å². The summed E-state index contributed by atoms with van der Waals surface area (Å²) in [5.41, 5.74) is 11.1. The number of hydrogen-bond acceptors (Lipinski definition) is 4. The van der Waals surface area contributed by atoms with Crippen LogP contribution in [0.4, 0.5) is 5.95 Å². The molecular formula is C21H23N3O2. The Labute approximate surface area is 153 Å². The lowest BCUT2D eigenvalue weighted by atomic mass is 9.97. The standard InChI is InChI=1S/C21H23N3O2/c1-14-11-18(26-3)9-10-19(14)16-6-4-5-15(12-16)7-8-17-13-20(25)24(2)21(22)23-17/h4-6,9-13H,7-8H2,1-3H3,(H2,22,23). The summed E-state index contributed by atoms with van der Waals surface area (Å²) in [6, 6.07) is 16.1. The van der Waals surface area contributed by atoms with Crippen molar-refractivity contribution >= 4 is 5.95 Å². The first-order valence-corrected chi connectivity index (χ1v) is 8.54. The smallest absolute Gasteiger partial charge is 0.254 e. The van der Waals surface area contributed by atoms with E-state index in [4.69, 9.17) is 10.5 Å². The quantitative estimate of drug-likeness (QED) is 0.768. The predicted octanol–water partition coefficient (Wildman–Crippen LogP) is 3.13. The van der Waals surface area contributed by atoms with Gasteiger partial charge >= 0.3 is 0 Å². The molecule has 26 heavy (non-hydrogen) atoms. The van der Waals surface area contributed by atoms with Crippen LogP contribution in [0, 0.1) is 6.92 Å². The zero-order chi connectivity index (χ0) is 18.7. The molecule has 0 spiro atoms. The van der Waals surface area contributed by atoms with Crippen molar-refractivity contribution < 1.29 is 4.74 Å². The van der Waals surface area contributed by atoms with Crippen molar-refractivity contribution in [2.45, 2.75) is 19.8 Å². The van der Waals surface area contributed by atoms with Crippen LogP contribution < -0.4 is 16.0 Å². The van der Waals surface area contributed by atoms with Gasteiger partial charge in [0.15, 0.2) is 0 Å². The Kier molecular flexibility index (Phi) is 5.07. The molecule has 0 atom stereocenters. The molecule has 134 valence electrons. The molecule has 2 N–H and O–H groups in total. The molecule has 0 unspecified atom stereocenters. The second-order valence-corrected chi connectivity index (χ2v) is 6.38. The summed E-state index contributed by atoms with van der Waals surface area (Å²) in [4.78, 5) is 16.1. The van der Waals surface area contributed by atoms with E-state index < -0.39 is 0 Å². The summed E-state index contributed by atoms with van der Waals surface area (Å²) in [6.45, 7) is 2.08. The van der Waals surface area contributed by atoms with Gasteiger partial charge in [0.1, 0.15) is 5.75 Å². The third kappa shape index (κ3) is 3.77. The normalized spacial score (nSPS) is 10.7. The van der Waals surface area contributed by atoms with Crippen LogP contribution in [-0.4, -0.2) is 16.7 Å². The molecule has 5 heteroatoms. The average Bonchev–Trinajstić information content (AvgIpc) is 2.64. The van der Waals surface area contributed by atoms with E-state index in [0.717, 1.165) is 17.9 Å². The Morgan fingerprint density at radius 1 is 1.12 bits per heavy atom. The fraction of sp³-hybridized carbons (Fsp3) is 0.238. The SMILES string of the molecule is COc1ccc(-c2cccc(CCc3cc(=O)n(C)c(N)n3)c2)c(C)c1. The van der Waals surface area contributed by atoms with Crippen LogP contribution in [0.5, 0.6) is 5.75 Å². The Morgan fingerprint density at radius 3 is 2.62 bits per heavy atom. The second kappa shape index (κ2) is 7.44. The number of nitrogens with zero attached hydrogens (tertiary/aromatic N) is 2. The van der Waals surface area contributed by atoms with Gasteiger partial charge in [0, 0.05) is 13.1 Å². The van der Waals surface area contributed by atoms with Crippen LogP contribution in [-0.2, 0) is 19.9 Å². The minimum absolute atomic E-state index is 0.130. The van der Waals surface area contributed by atoms with E-state index in [9.17, 15) is 4.79 Å². The summed E-state index contributed by atoms with van der Waals surface area (Å²) in [7, 11) is 3.29. The molecule has 3 aromatic rings. The van der Waals surface area contributed by atoms with Gasteiger partial charge in [-0.05, 0) is 54.2 Å². The van der Waals surface area contributed by atoms with Crippen LogP contribution in [0.2, 0.25) is 0 Å². The maximum atomic E-state index is 11.8. The van der Waals surface area contributed by atoms with Crippen molar-refractivity contribution in [3.05, 3.63) is 75.7 Å². The molecule has 5 nitrogen and oxygen atoms in total. The summed E-state index contributed by atoms with van der Waals surface area (Å²) >= 11 is 0.